The number of hydrogen-bond acceptors (Lipinski definition) is 3. The van der Waals surface area contributed by atoms with E-state index in [1.54, 1.807) is 24.3 Å². The highest BCUT2D eigenvalue weighted by Gasteiger charge is 2.11. The van der Waals surface area contributed by atoms with Crippen LogP contribution in [0.25, 0.3) is 11.8 Å². The zero-order valence-corrected chi connectivity index (χ0v) is 17.8. The number of hydrogen-bond donors (Lipinski definition) is 2. The Bertz CT molecular complexity index is 1100. The second-order valence-corrected chi connectivity index (χ2v) is 7.25. The summed E-state index contributed by atoms with van der Waals surface area (Å²) in [5.74, 6) is -0.689. The molecule has 0 fully saturated rings. The largest absolute Gasteiger partial charge is 0.343 e. The SMILES string of the molecule is Cc1nn(-c2ccccc2)c(C)c1C=CC(=O)NCC(=O)Nc1cccc(Cl)c1C. The van der Waals surface area contributed by atoms with E-state index in [1.807, 2.05) is 55.8 Å². The summed E-state index contributed by atoms with van der Waals surface area (Å²) in [6, 6.07) is 15.1. The minimum atomic E-state index is -0.362. The Labute approximate surface area is 180 Å². The van der Waals surface area contributed by atoms with Crippen molar-refractivity contribution in [2.75, 3.05) is 11.9 Å². The van der Waals surface area contributed by atoms with Gasteiger partial charge in [0.15, 0.2) is 0 Å². The zero-order valence-electron chi connectivity index (χ0n) is 17.1. The lowest BCUT2D eigenvalue weighted by Crippen LogP contribution is -2.31. The molecular formula is C23H23ClN4O2. The third-order valence-corrected chi connectivity index (χ3v) is 5.12. The number of carbonyl (C=O) groups is 2. The van der Waals surface area contributed by atoms with Gasteiger partial charge in [0, 0.05) is 28.0 Å². The second kappa shape index (κ2) is 9.41. The van der Waals surface area contributed by atoms with Crippen LogP contribution in [-0.2, 0) is 9.59 Å². The average molecular weight is 423 g/mol. The summed E-state index contributed by atoms with van der Waals surface area (Å²) in [5, 5.41) is 10.5. The number of benzene rings is 2. The van der Waals surface area contributed by atoms with E-state index < -0.39 is 0 Å². The maximum Gasteiger partial charge on any atom is 0.244 e. The molecule has 2 amide bonds. The van der Waals surface area contributed by atoms with Crippen molar-refractivity contribution in [3.05, 3.63) is 82.1 Å². The summed E-state index contributed by atoms with van der Waals surface area (Å²) in [5.41, 5.74) is 4.96. The Hall–Kier alpha value is -3.38. The van der Waals surface area contributed by atoms with Crippen molar-refractivity contribution in [1.82, 2.24) is 15.1 Å². The summed E-state index contributed by atoms with van der Waals surface area (Å²) in [6.45, 7) is 5.52. The van der Waals surface area contributed by atoms with Gasteiger partial charge >= 0.3 is 0 Å². The molecule has 1 heterocycles. The topological polar surface area (TPSA) is 76.0 Å². The summed E-state index contributed by atoms with van der Waals surface area (Å²) in [4.78, 5) is 24.3. The van der Waals surface area contributed by atoms with Crippen LogP contribution in [0.5, 0.6) is 0 Å². The molecule has 0 aliphatic rings. The molecule has 1 aromatic heterocycles. The van der Waals surface area contributed by atoms with Crippen molar-refractivity contribution in [2.45, 2.75) is 20.8 Å². The standard InChI is InChI=1S/C23H23ClN4O2/c1-15-20(24)10-7-11-21(15)26-23(30)14-25-22(29)13-12-19-16(2)27-28(17(19)3)18-8-5-4-6-9-18/h4-13H,14H2,1-3H3,(H,25,29)(H,26,30). The third-order valence-electron chi connectivity index (χ3n) is 4.71. The number of nitrogens with one attached hydrogen (secondary N) is 2. The van der Waals surface area contributed by atoms with Gasteiger partial charge in [-0.3, -0.25) is 9.59 Å². The Kier molecular flexibility index (Phi) is 6.69. The molecule has 0 radical (unpaired) electrons. The van der Waals surface area contributed by atoms with E-state index in [4.69, 9.17) is 11.6 Å². The van der Waals surface area contributed by atoms with Crippen LogP contribution < -0.4 is 10.6 Å². The Morgan fingerprint density at radius 1 is 1.07 bits per heavy atom. The molecule has 0 spiro atoms. The van der Waals surface area contributed by atoms with Gasteiger partial charge in [0.2, 0.25) is 11.8 Å². The van der Waals surface area contributed by atoms with Gasteiger partial charge in [-0.05, 0) is 56.7 Å². The third kappa shape index (κ3) is 4.96. The van der Waals surface area contributed by atoms with Gasteiger partial charge in [-0.15, -0.1) is 0 Å². The summed E-state index contributed by atoms with van der Waals surface area (Å²) < 4.78 is 1.84. The molecule has 6 nitrogen and oxygen atoms in total. The lowest BCUT2D eigenvalue weighted by Gasteiger charge is -2.09. The molecular weight excluding hydrogens is 400 g/mol. The highest BCUT2D eigenvalue weighted by molar-refractivity contribution is 6.31. The maximum absolute atomic E-state index is 12.2. The minimum absolute atomic E-state index is 0.142. The fourth-order valence-corrected chi connectivity index (χ4v) is 3.21. The fraction of sp³-hybridized carbons (Fsp3) is 0.174. The van der Waals surface area contributed by atoms with Crippen LogP contribution in [-0.4, -0.2) is 28.1 Å². The van der Waals surface area contributed by atoms with Gasteiger partial charge in [-0.25, -0.2) is 4.68 Å². The van der Waals surface area contributed by atoms with Crippen molar-refractivity contribution >= 4 is 35.2 Å². The highest BCUT2D eigenvalue weighted by Crippen LogP contribution is 2.22. The number of rotatable bonds is 6. The van der Waals surface area contributed by atoms with Crippen molar-refractivity contribution in [2.24, 2.45) is 0 Å². The van der Waals surface area contributed by atoms with E-state index in [1.165, 1.54) is 6.08 Å². The Morgan fingerprint density at radius 2 is 1.80 bits per heavy atom. The van der Waals surface area contributed by atoms with Gasteiger partial charge in [0.1, 0.15) is 0 Å². The molecule has 0 unspecified atom stereocenters. The Balaban J connectivity index is 1.61. The van der Waals surface area contributed by atoms with E-state index in [0.717, 1.165) is 28.2 Å². The van der Waals surface area contributed by atoms with Crippen molar-refractivity contribution in [3.8, 4) is 5.69 Å². The molecule has 3 aromatic rings. The van der Waals surface area contributed by atoms with Crippen LogP contribution in [0.4, 0.5) is 5.69 Å². The minimum Gasteiger partial charge on any atom is -0.343 e. The van der Waals surface area contributed by atoms with Crippen LogP contribution in [0.1, 0.15) is 22.5 Å². The fourth-order valence-electron chi connectivity index (χ4n) is 3.04. The van der Waals surface area contributed by atoms with E-state index in [0.29, 0.717) is 10.7 Å². The van der Waals surface area contributed by atoms with Crippen LogP contribution >= 0.6 is 11.6 Å². The molecule has 7 heteroatoms. The number of amides is 2. The van der Waals surface area contributed by atoms with Gasteiger partial charge in [0.25, 0.3) is 0 Å². The average Bonchev–Trinajstić information content (AvgIpc) is 3.02. The van der Waals surface area contributed by atoms with E-state index in [2.05, 4.69) is 15.7 Å². The smallest absolute Gasteiger partial charge is 0.244 e. The van der Waals surface area contributed by atoms with Crippen molar-refractivity contribution in [1.29, 1.82) is 0 Å². The van der Waals surface area contributed by atoms with Gasteiger partial charge < -0.3 is 10.6 Å². The number of halogens is 1. The lowest BCUT2D eigenvalue weighted by molar-refractivity contribution is -0.121. The molecule has 0 saturated carbocycles. The van der Waals surface area contributed by atoms with Crippen molar-refractivity contribution < 1.29 is 9.59 Å². The molecule has 2 aromatic carbocycles. The molecule has 2 N–H and O–H groups in total. The normalized spacial score (nSPS) is 10.9. The number of anilines is 1. The van der Waals surface area contributed by atoms with Gasteiger partial charge in [-0.1, -0.05) is 35.9 Å². The summed E-state index contributed by atoms with van der Waals surface area (Å²) in [7, 11) is 0. The molecule has 154 valence electrons. The molecule has 3 rings (SSSR count). The first-order valence-corrected chi connectivity index (χ1v) is 9.87. The number of para-hydroxylation sites is 1. The van der Waals surface area contributed by atoms with E-state index in [9.17, 15) is 9.59 Å². The molecule has 0 aliphatic heterocycles. The van der Waals surface area contributed by atoms with E-state index in [-0.39, 0.29) is 18.4 Å². The van der Waals surface area contributed by atoms with Gasteiger partial charge in [-0.2, -0.15) is 5.10 Å². The van der Waals surface area contributed by atoms with E-state index >= 15 is 0 Å². The molecule has 0 atom stereocenters. The van der Waals surface area contributed by atoms with Crippen LogP contribution in [0.3, 0.4) is 0 Å². The number of aryl methyl sites for hydroxylation is 1. The van der Waals surface area contributed by atoms with Crippen LogP contribution in [0, 0.1) is 20.8 Å². The second-order valence-electron chi connectivity index (χ2n) is 6.84. The summed E-state index contributed by atoms with van der Waals surface area (Å²) in [6.07, 6.45) is 3.12. The first-order valence-electron chi connectivity index (χ1n) is 9.49. The monoisotopic (exact) mass is 422 g/mol. The molecule has 0 bridgehead atoms. The zero-order chi connectivity index (χ0) is 21.7. The Morgan fingerprint density at radius 3 is 2.53 bits per heavy atom. The predicted molar refractivity (Wildman–Crippen MR) is 120 cm³/mol. The number of aromatic nitrogens is 2. The number of nitrogens with zero attached hydrogens (tertiary/aromatic N) is 2. The van der Waals surface area contributed by atoms with Gasteiger partial charge in [0.05, 0.1) is 17.9 Å². The first kappa shape index (κ1) is 21.3. The summed E-state index contributed by atoms with van der Waals surface area (Å²) >= 11 is 6.05. The maximum atomic E-state index is 12.2. The quantitative estimate of drug-likeness (QED) is 0.584. The lowest BCUT2D eigenvalue weighted by atomic mass is 10.2. The predicted octanol–water partition coefficient (Wildman–Crippen LogP) is 4.22. The van der Waals surface area contributed by atoms with Crippen molar-refractivity contribution in [3.63, 3.8) is 0 Å². The van der Waals surface area contributed by atoms with Crippen LogP contribution in [0.2, 0.25) is 5.02 Å². The molecule has 0 aliphatic carbocycles. The highest BCUT2D eigenvalue weighted by atomic mass is 35.5. The molecule has 30 heavy (non-hydrogen) atoms. The first-order chi connectivity index (χ1) is 14.4. The number of carbonyl (C=O) groups excluding carboxylic acids is 2. The molecule has 0 saturated heterocycles. The van der Waals surface area contributed by atoms with Crippen LogP contribution in [0.15, 0.2) is 54.6 Å².